The second kappa shape index (κ2) is 7.61. The molecule has 1 aromatic heterocycles. The molecule has 6 heteroatoms. The molecule has 0 aliphatic heterocycles. The predicted molar refractivity (Wildman–Crippen MR) is 98.4 cm³/mol. The SMILES string of the molecule is COC(=O)Cc1c(C)c2ccc(OCc3ccccc3F)c(C)c2oc1=O. The first-order valence-corrected chi connectivity index (χ1v) is 8.41. The Kier molecular flexibility index (Phi) is 5.26. The minimum Gasteiger partial charge on any atom is -0.488 e. The molecule has 3 aromatic rings. The summed E-state index contributed by atoms with van der Waals surface area (Å²) >= 11 is 0. The number of rotatable bonds is 5. The lowest BCUT2D eigenvalue weighted by atomic mass is 10.0. The van der Waals surface area contributed by atoms with E-state index in [4.69, 9.17) is 9.15 Å². The number of aryl methyl sites for hydroxylation is 2. The van der Waals surface area contributed by atoms with Gasteiger partial charge in [0.15, 0.2) is 0 Å². The maximum Gasteiger partial charge on any atom is 0.340 e. The van der Waals surface area contributed by atoms with E-state index in [2.05, 4.69) is 4.74 Å². The summed E-state index contributed by atoms with van der Waals surface area (Å²) < 4.78 is 29.6. The van der Waals surface area contributed by atoms with Gasteiger partial charge >= 0.3 is 11.6 Å². The number of carbonyl (C=O) groups excluding carboxylic acids is 1. The zero-order valence-electron chi connectivity index (χ0n) is 15.3. The van der Waals surface area contributed by atoms with E-state index in [1.807, 2.05) is 0 Å². The quantitative estimate of drug-likeness (QED) is 0.504. The molecule has 0 spiro atoms. The molecule has 5 nitrogen and oxygen atoms in total. The van der Waals surface area contributed by atoms with Crippen molar-refractivity contribution in [2.24, 2.45) is 0 Å². The standard InChI is InChI=1S/C21H19FO5/c1-12-15-8-9-18(26-11-14-6-4-5-7-17(14)22)13(2)20(15)27-21(24)16(12)10-19(23)25-3/h4-9H,10-11H2,1-3H3. The number of hydrogen-bond donors (Lipinski definition) is 0. The number of esters is 1. The molecule has 1 heterocycles. The molecule has 3 rings (SSSR count). The number of benzene rings is 2. The Bertz CT molecular complexity index is 1070. The fraction of sp³-hybridized carbons (Fsp3) is 0.238. The Hall–Kier alpha value is -3.15. The minimum absolute atomic E-state index is 0.0582. The van der Waals surface area contributed by atoms with Crippen LogP contribution in [0.15, 0.2) is 45.6 Å². The first kappa shape index (κ1) is 18.6. The molecule has 0 fully saturated rings. The number of methoxy groups -OCH3 is 1. The highest BCUT2D eigenvalue weighted by Gasteiger charge is 2.18. The van der Waals surface area contributed by atoms with Gasteiger partial charge in [0.25, 0.3) is 0 Å². The summed E-state index contributed by atoms with van der Waals surface area (Å²) in [6, 6.07) is 9.88. The molecular formula is C21H19FO5. The van der Waals surface area contributed by atoms with Crippen molar-refractivity contribution in [3.8, 4) is 5.75 Å². The van der Waals surface area contributed by atoms with Crippen LogP contribution in [-0.4, -0.2) is 13.1 Å². The van der Waals surface area contributed by atoms with Crippen LogP contribution in [0.1, 0.15) is 22.3 Å². The lowest BCUT2D eigenvalue weighted by Gasteiger charge is -2.13. The van der Waals surface area contributed by atoms with Crippen molar-refractivity contribution in [3.05, 3.63) is 74.9 Å². The van der Waals surface area contributed by atoms with Gasteiger partial charge < -0.3 is 13.9 Å². The van der Waals surface area contributed by atoms with Gasteiger partial charge in [-0.15, -0.1) is 0 Å². The Balaban J connectivity index is 1.97. The highest BCUT2D eigenvalue weighted by atomic mass is 19.1. The first-order chi connectivity index (χ1) is 12.9. The Labute approximate surface area is 155 Å². The summed E-state index contributed by atoms with van der Waals surface area (Å²) in [6.45, 7) is 3.58. The molecule has 27 heavy (non-hydrogen) atoms. The van der Waals surface area contributed by atoms with Crippen LogP contribution in [0.2, 0.25) is 0 Å². The number of halogens is 1. The van der Waals surface area contributed by atoms with Crippen LogP contribution in [0.4, 0.5) is 4.39 Å². The fourth-order valence-corrected chi connectivity index (χ4v) is 2.92. The molecule has 2 aromatic carbocycles. The summed E-state index contributed by atoms with van der Waals surface area (Å²) in [7, 11) is 1.27. The van der Waals surface area contributed by atoms with Crippen LogP contribution in [0, 0.1) is 19.7 Å². The van der Waals surface area contributed by atoms with Gasteiger partial charge in [-0.3, -0.25) is 4.79 Å². The van der Waals surface area contributed by atoms with Gasteiger partial charge in [-0.05, 0) is 37.6 Å². The van der Waals surface area contributed by atoms with Crippen molar-refractivity contribution in [2.75, 3.05) is 7.11 Å². The molecule has 0 atom stereocenters. The van der Waals surface area contributed by atoms with E-state index in [1.54, 1.807) is 44.2 Å². The zero-order valence-corrected chi connectivity index (χ0v) is 15.3. The second-order valence-electron chi connectivity index (χ2n) is 6.19. The topological polar surface area (TPSA) is 65.7 Å². The molecule has 0 amide bonds. The molecule has 0 bridgehead atoms. The largest absolute Gasteiger partial charge is 0.488 e. The average molecular weight is 370 g/mol. The lowest BCUT2D eigenvalue weighted by molar-refractivity contribution is -0.139. The summed E-state index contributed by atoms with van der Waals surface area (Å²) in [5.41, 5.74) is 1.80. The number of hydrogen-bond acceptors (Lipinski definition) is 5. The first-order valence-electron chi connectivity index (χ1n) is 8.41. The molecule has 0 unspecified atom stereocenters. The van der Waals surface area contributed by atoms with E-state index >= 15 is 0 Å². The van der Waals surface area contributed by atoms with E-state index in [1.165, 1.54) is 13.2 Å². The van der Waals surface area contributed by atoms with Gasteiger partial charge in [-0.2, -0.15) is 0 Å². The van der Waals surface area contributed by atoms with E-state index < -0.39 is 11.6 Å². The molecule has 0 saturated carbocycles. The van der Waals surface area contributed by atoms with Gasteiger partial charge in [0.05, 0.1) is 19.1 Å². The highest BCUT2D eigenvalue weighted by Crippen LogP contribution is 2.30. The van der Waals surface area contributed by atoms with Crippen molar-refractivity contribution in [1.29, 1.82) is 0 Å². The van der Waals surface area contributed by atoms with Gasteiger partial charge in [0.2, 0.25) is 0 Å². The third kappa shape index (κ3) is 3.69. The van der Waals surface area contributed by atoms with Crippen LogP contribution in [0.5, 0.6) is 5.75 Å². The van der Waals surface area contributed by atoms with E-state index in [-0.39, 0.29) is 24.4 Å². The number of ether oxygens (including phenoxy) is 2. The summed E-state index contributed by atoms with van der Waals surface area (Å²) in [4.78, 5) is 23.9. The molecule has 0 saturated heterocycles. The number of fused-ring (bicyclic) bond motifs is 1. The third-order valence-corrected chi connectivity index (χ3v) is 4.54. The van der Waals surface area contributed by atoms with E-state index in [0.29, 0.717) is 33.4 Å². The number of carbonyl (C=O) groups is 1. The van der Waals surface area contributed by atoms with Crippen molar-refractivity contribution in [1.82, 2.24) is 0 Å². The van der Waals surface area contributed by atoms with Gasteiger partial charge in [0.1, 0.15) is 23.8 Å². The van der Waals surface area contributed by atoms with Crippen LogP contribution in [0.3, 0.4) is 0 Å². The van der Waals surface area contributed by atoms with Crippen LogP contribution >= 0.6 is 0 Å². The maximum absolute atomic E-state index is 13.8. The normalized spacial score (nSPS) is 10.8. The minimum atomic E-state index is -0.584. The fourth-order valence-electron chi connectivity index (χ4n) is 2.92. The Morgan fingerprint density at radius 3 is 2.56 bits per heavy atom. The predicted octanol–water partition coefficient (Wildman–Crippen LogP) is 3.84. The second-order valence-corrected chi connectivity index (χ2v) is 6.19. The molecular weight excluding hydrogens is 351 g/mol. The summed E-state index contributed by atoms with van der Waals surface area (Å²) in [5, 5.41) is 0.712. The van der Waals surface area contributed by atoms with Gasteiger partial charge in [-0.1, -0.05) is 18.2 Å². The smallest absolute Gasteiger partial charge is 0.340 e. The van der Waals surface area contributed by atoms with Crippen LogP contribution < -0.4 is 10.4 Å². The Morgan fingerprint density at radius 1 is 1.11 bits per heavy atom. The van der Waals surface area contributed by atoms with Gasteiger partial charge in [0, 0.05) is 16.5 Å². The molecule has 0 radical (unpaired) electrons. The van der Waals surface area contributed by atoms with Crippen molar-refractivity contribution in [3.63, 3.8) is 0 Å². The summed E-state index contributed by atoms with van der Waals surface area (Å²) in [5.74, 6) is -0.355. The lowest BCUT2D eigenvalue weighted by Crippen LogP contribution is -2.16. The zero-order chi connectivity index (χ0) is 19.6. The van der Waals surface area contributed by atoms with Crippen molar-refractivity contribution in [2.45, 2.75) is 26.9 Å². The monoisotopic (exact) mass is 370 g/mol. The van der Waals surface area contributed by atoms with E-state index in [0.717, 1.165) is 0 Å². The van der Waals surface area contributed by atoms with Crippen molar-refractivity contribution >= 4 is 16.9 Å². The summed E-state index contributed by atoms with van der Waals surface area (Å²) in [6.07, 6.45) is -0.148. The van der Waals surface area contributed by atoms with Crippen LogP contribution in [0.25, 0.3) is 11.0 Å². The van der Waals surface area contributed by atoms with Gasteiger partial charge in [-0.25, -0.2) is 9.18 Å². The third-order valence-electron chi connectivity index (χ3n) is 4.54. The molecule has 140 valence electrons. The van der Waals surface area contributed by atoms with E-state index in [9.17, 15) is 14.0 Å². The maximum atomic E-state index is 13.8. The van der Waals surface area contributed by atoms with Crippen LogP contribution in [-0.2, 0) is 22.6 Å². The Morgan fingerprint density at radius 2 is 1.85 bits per heavy atom. The molecule has 0 aliphatic rings. The highest BCUT2D eigenvalue weighted by molar-refractivity contribution is 5.86. The van der Waals surface area contributed by atoms with Crippen molar-refractivity contribution < 1.29 is 23.1 Å². The molecule has 0 N–H and O–H groups in total. The average Bonchev–Trinajstić information content (AvgIpc) is 2.66. The molecule has 0 aliphatic carbocycles.